The highest BCUT2D eigenvalue weighted by atomic mass is 16.5. The zero-order valence-corrected chi connectivity index (χ0v) is 24.4. The number of nitrogens with one attached hydrogen (secondary N) is 1. The fourth-order valence-corrected chi connectivity index (χ4v) is 5.04. The van der Waals surface area contributed by atoms with Crippen LogP contribution in [0.4, 0.5) is 0 Å². The molecule has 0 bridgehead atoms. The highest BCUT2D eigenvalue weighted by Gasteiger charge is 2.49. The lowest BCUT2D eigenvalue weighted by molar-refractivity contribution is -0.199. The molecule has 0 aromatic heterocycles. The number of amides is 3. The number of rotatable bonds is 12. The van der Waals surface area contributed by atoms with Crippen LogP contribution in [-0.2, 0) is 32.3 Å². The molecule has 2 aliphatic heterocycles. The number of hydrazine groups is 1. The number of aryl methyl sites for hydroxylation is 1. The van der Waals surface area contributed by atoms with E-state index < -0.39 is 12.2 Å². The van der Waals surface area contributed by atoms with E-state index in [1.807, 2.05) is 69.4 Å². The van der Waals surface area contributed by atoms with E-state index in [9.17, 15) is 14.4 Å². The molecule has 1 unspecified atom stereocenters. The van der Waals surface area contributed by atoms with Gasteiger partial charge in [0.05, 0.1) is 32.4 Å². The van der Waals surface area contributed by atoms with Crippen LogP contribution in [0.5, 0.6) is 0 Å². The third kappa shape index (κ3) is 8.85. The van der Waals surface area contributed by atoms with Crippen LogP contribution in [0.15, 0.2) is 54.6 Å². The molecule has 4 rings (SSSR count). The van der Waals surface area contributed by atoms with Gasteiger partial charge in [-0.3, -0.25) is 19.4 Å². The Bertz CT molecular complexity index is 1150. The summed E-state index contributed by atoms with van der Waals surface area (Å²) in [5.41, 5.74) is 3.58. The van der Waals surface area contributed by atoms with Crippen LogP contribution in [0.2, 0.25) is 0 Å². The summed E-state index contributed by atoms with van der Waals surface area (Å²) >= 11 is 0. The van der Waals surface area contributed by atoms with Gasteiger partial charge in [-0.15, -0.1) is 0 Å². The molecule has 2 saturated heterocycles. The topological polar surface area (TPSA) is 109 Å². The number of carbonyl (C=O) groups excluding carboxylic acids is 3. The van der Waals surface area contributed by atoms with Gasteiger partial charge in [0.2, 0.25) is 18.2 Å². The smallest absolute Gasteiger partial charge is 0.245 e. The van der Waals surface area contributed by atoms with Crippen molar-refractivity contribution >= 4 is 18.2 Å². The van der Waals surface area contributed by atoms with E-state index in [1.165, 1.54) is 21.1 Å². The Morgan fingerprint density at radius 2 is 1.83 bits per heavy atom. The van der Waals surface area contributed by atoms with Gasteiger partial charge in [0.25, 0.3) is 0 Å². The number of piperazine rings is 1. The van der Waals surface area contributed by atoms with Gasteiger partial charge in [0, 0.05) is 13.1 Å². The van der Waals surface area contributed by atoms with Gasteiger partial charge in [-0.2, -0.15) is 10.3 Å². The Morgan fingerprint density at radius 1 is 1.10 bits per heavy atom. The number of fused-ring (bicyclic) bond motifs is 1. The summed E-state index contributed by atoms with van der Waals surface area (Å²) in [7, 11) is 1.95. The Balaban J connectivity index is 0.000000436. The molecule has 2 atom stereocenters. The summed E-state index contributed by atoms with van der Waals surface area (Å²) in [6.45, 7) is 6.24. The maximum atomic E-state index is 13.2. The molecule has 3 amide bonds. The second-order valence-corrected chi connectivity index (χ2v) is 10.2. The maximum absolute atomic E-state index is 13.2. The Morgan fingerprint density at radius 3 is 2.46 bits per heavy atom. The minimum atomic E-state index is -0.612. The molecule has 0 spiro atoms. The zero-order chi connectivity index (χ0) is 29.6. The maximum Gasteiger partial charge on any atom is 0.245 e. The fourth-order valence-electron chi connectivity index (χ4n) is 5.04. The SMILES string of the molecule is CCCC[C@H]1C(=O)N(CCOCc2ccc(C)cc2)CC2N1C(=O)CN(CC#N)N2C=O.CNCc1ccccc1. The summed E-state index contributed by atoms with van der Waals surface area (Å²) in [6, 6.07) is 19.8. The van der Waals surface area contributed by atoms with Crippen molar-refractivity contribution in [1.29, 1.82) is 5.26 Å². The second kappa shape index (κ2) is 16.5. The number of nitrogens with zero attached hydrogens (tertiary/aromatic N) is 5. The molecule has 0 radical (unpaired) electrons. The average molecular weight is 563 g/mol. The van der Waals surface area contributed by atoms with Crippen LogP contribution in [-0.4, -0.2) is 90.1 Å². The highest BCUT2D eigenvalue weighted by Crippen LogP contribution is 2.27. The van der Waals surface area contributed by atoms with Crippen molar-refractivity contribution in [2.24, 2.45) is 0 Å². The van der Waals surface area contributed by atoms with E-state index in [-0.39, 0.29) is 31.4 Å². The predicted octanol–water partition coefficient (Wildman–Crippen LogP) is 2.69. The van der Waals surface area contributed by atoms with Crippen LogP contribution >= 0.6 is 0 Å². The minimum absolute atomic E-state index is 0.0674. The van der Waals surface area contributed by atoms with Gasteiger partial charge in [0.1, 0.15) is 18.8 Å². The summed E-state index contributed by atoms with van der Waals surface area (Å²) in [5.74, 6) is -0.338. The van der Waals surface area contributed by atoms with E-state index in [0.29, 0.717) is 32.6 Å². The van der Waals surface area contributed by atoms with Gasteiger partial charge >= 0.3 is 0 Å². The van der Waals surface area contributed by atoms with Crippen LogP contribution in [0.25, 0.3) is 0 Å². The monoisotopic (exact) mass is 562 g/mol. The first-order valence-electron chi connectivity index (χ1n) is 14.2. The van der Waals surface area contributed by atoms with E-state index in [2.05, 4.69) is 17.4 Å². The summed E-state index contributed by atoms with van der Waals surface area (Å²) < 4.78 is 5.79. The van der Waals surface area contributed by atoms with E-state index >= 15 is 0 Å². The largest absolute Gasteiger partial charge is 0.375 e. The molecule has 2 heterocycles. The first kappa shape index (κ1) is 31.7. The van der Waals surface area contributed by atoms with Crippen LogP contribution in [0.1, 0.15) is 42.9 Å². The molecule has 1 N–H and O–H groups in total. The van der Waals surface area contributed by atoms with E-state index in [1.54, 1.807) is 9.80 Å². The third-order valence-electron chi connectivity index (χ3n) is 7.19. The minimum Gasteiger partial charge on any atom is -0.375 e. The quantitative estimate of drug-likeness (QED) is 0.241. The van der Waals surface area contributed by atoms with Gasteiger partial charge in [-0.25, -0.2) is 0 Å². The molecule has 10 heteroatoms. The molecule has 2 aromatic carbocycles. The van der Waals surface area contributed by atoms with Crippen molar-refractivity contribution in [2.45, 2.75) is 58.5 Å². The van der Waals surface area contributed by atoms with Crippen molar-refractivity contribution in [1.82, 2.24) is 25.1 Å². The zero-order valence-electron chi connectivity index (χ0n) is 24.4. The van der Waals surface area contributed by atoms with Gasteiger partial charge in [-0.05, 0) is 31.5 Å². The normalized spacial score (nSPS) is 18.8. The standard InChI is InChI=1S/C23H31N5O4.C8H11N/c1-3-4-5-20-23(31)25(12-13-32-16-19-8-6-18(2)7-9-19)14-21-27(17-29)26(11-10-24)15-22(30)28(20)21;1-9-7-8-5-3-2-4-6-8/h6-9,17,20-21H,3-5,11-16H2,1-2H3;2-6,9H,7H2,1H3/t20-,21?;/m0./s1. The Kier molecular flexibility index (Phi) is 12.8. The van der Waals surface area contributed by atoms with Gasteiger partial charge in [-0.1, -0.05) is 79.9 Å². The molecule has 0 aliphatic carbocycles. The molecule has 0 saturated carbocycles. The van der Waals surface area contributed by atoms with Crippen molar-refractivity contribution in [3.05, 3.63) is 71.3 Å². The van der Waals surface area contributed by atoms with Crippen molar-refractivity contribution in [3.8, 4) is 6.07 Å². The first-order chi connectivity index (χ1) is 19.9. The number of unbranched alkanes of at least 4 members (excludes halogenated alkanes) is 1. The second-order valence-electron chi connectivity index (χ2n) is 10.2. The first-order valence-corrected chi connectivity index (χ1v) is 14.2. The Hall–Kier alpha value is -3.78. The molecule has 10 nitrogen and oxygen atoms in total. The number of benzene rings is 2. The van der Waals surface area contributed by atoms with Crippen molar-refractivity contribution in [2.75, 3.05) is 39.8 Å². The van der Waals surface area contributed by atoms with Gasteiger partial charge in [0.15, 0.2) is 0 Å². The van der Waals surface area contributed by atoms with Crippen LogP contribution < -0.4 is 5.32 Å². The highest BCUT2D eigenvalue weighted by molar-refractivity contribution is 5.90. The average Bonchev–Trinajstić information content (AvgIpc) is 2.97. The van der Waals surface area contributed by atoms with Crippen molar-refractivity contribution < 1.29 is 19.1 Å². The summed E-state index contributed by atoms with van der Waals surface area (Å²) in [4.78, 5) is 41.2. The lowest BCUT2D eigenvalue weighted by Gasteiger charge is -2.54. The van der Waals surface area contributed by atoms with Gasteiger partial charge < -0.3 is 19.9 Å². The third-order valence-corrected chi connectivity index (χ3v) is 7.19. The Labute approximate surface area is 243 Å². The van der Waals surface area contributed by atoms with E-state index in [0.717, 1.165) is 24.9 Å². The number of nitriles is 1. The molecule has 2 fully saturated rings. The number of hydrogen-bond donors (Lipinski definition) is 1. The van der Waals surface area contributed by atoms with Crippen LogP contribution in [0.3, 0.4) is 0 Å². The molecule has 220 valence electrons. The molecule has 2 aliphatic rings. The molecule has 2 aromatic rings. The van der Waals surface area contributed by atoms with Crippen molar-refractivity contribution in [3.63, 3.8) is 0 Å². The molecular weight excluding hydrogens is 520 g/mol. The fraction of sp³-hybridized carbons (Fsp3) is 0.484. The molecule has 41 heavy (non-hydrogen) atoms. The van der Waals surface area contributed by atoms with E-state index in [4.69, 9.17) is 10.00 Å². The predicted molar refractivity (Wildman–Crippen MR) is 156 cm³/mol. The number of ether oxygens (including phenoxy) is 1. The molecular formula is C31H42N6O4. The summed E-state index contributed by atoms with van der Waals surface area (Å²) in [5, 5.41) is 15.0. The summed E-state index contributed by atoms with van der Waals surface area (Å²) in [6.07, 6.45) is 2.27. The lowest BCUT2D eigenvalue weighted by atomic mass is 10.0. The van der Waals surface area contributed by atoms with Crippen LogP contribution in [0, 0.1) is 18.3 Å². The number of hydrogen-bond acceptors (Lipinski definition) is 7. The lowest BCUT2D eigenvalue weighted by Crippen LogP contribution is -2.74. The number of carbonyl (C=O) groups is 3.